The smallest absolute Gasteiger partial charge is 0.220 e. The third-order valence-electron chi connectivity index (χ3n) is 4.18. The quantitative estimate of drug-likeness (QED) is 0.662. The van der Waals surface area contributed by atoms with Crippen molar-refractivity contribution >= 4 is 17.2 Å². The summed E-state index contributed by atoms with van der Waals surface area (Å²) in [7, 11) is 3.18. The number of carbonyl (C=O) groups excluding carboxylic acids is 1. The third kappa shape index (κ3) is 4.88. The molecule has 0 bridgehead atoms. The first-order valence-electron chi connectivity index (χ1n) is 8.54. The van der Waals surface area contributed by atoms with Crippen LogP contribution < -0.4 is 14.2 Å². The van der Waals surface area contributed by atoms with Gasteiger partial charge in [-0.1, -0.05) is 13.0 Å². The number of thiazole rings is 1. The standard InChI is InChI=1S/C19H26N2O4S/c1-6-13(2)21(14(3)22)10-15-12-26-18(20-15)11-25-19-16(23-4)8-7-9-17(19)24-5/h7-9,12-13H,6,10-11H2,1-5H3. The number of benzene rings is 1. The average molecular weight is 378 g/mol. The van der Waals surface area contributed by atoms with Crippen LogP contribution in [0.25, 0.3) is 0 Å². The molecule has 0 fully saturated rings. The predicted octanol–water partition coefficient (Wildman–Crippen LogP) is 3.89. The lowest BCUT2D eigenvalue weighted by Gasteiger charge is -2.26. The lowest BCUT2D eigenvalue weighted by Crippen LogP contribution is -2.36. The van der Waals surface area contributed by atoms with Crippen molar-refractivity contribution in [2.24, 2.45) is 0 Å². The minimum absolute atomic E-state index is 0.0592. The van der Waals surface area contributed by atoms with Gasteiger partial charge in [-0.05, 0) is 25.5 Å². The molecule has 0 aliphatic rings. The molecule has 1 atom stereocenters. The maximum atomic E-state index is 11.9. The molecule has 1 aromatic carbocycles. The number of nitrogens with zero attached hydrogens (tertiary/aromatic N) is 2. The fraction of sp³-hybridized carbons (Fsp3) is 0.474. The molecule has 1 amide bonds. The number of aromatic nitrogens is 1. The summed E-state index contributed by atoms with van der Waals surface area (Å²) in [6.45, 7) is 6.54. The van der Waals surface area contributed by atoms with Gasteiger partial charge in [0.2, 0.25) is 11.7 Å². The molecule has 6 nitrogen and oxygen atoms in total. The molecular weight excluding hydrogens is 352 g/mol. The highest BCUT2D eigenvalue weighted by atomic mass is 32.1. The Balaban J connectivity index is 2.06. The Bertz CT molecular complexity index is 710. The molecule has 0 aliphatic carbocycles. The van der Waals surface area contributed by atoms with Crippen LogP contribution in [0.3, 0.4) is 0 Å². The lowest BCUT2D eigenvalue weighted by atomic mass is 10.2. The summed E-state index contributed by atoms with van der Waals surface area (Å²) in [6.07, 6.45) is 0.910. The fourth-order valence-electron chi connectivity index (χ4n) is 2.55. The number of hydrogen-bond donors (Lipinski definition) is 0. The number of carbonyl (C=O) groups is 1. The van der Waals surface area contributed by atoms with E-state index in [1.165, 1.54) is 11.3 Å². The lowest BCUT2D eigenvalue weighted by molar-refractivity contribution is -0.131. The number of methoxy groups -OCH3 is 2. The van der Waals surface area contributed by atoms with Crippen LogP contribution >= 0.6 is 11.3 Å². The zero-order valence-corrected chi connectivity index (χ0v) is 16.8. The van der Waals surface area contributed by atoms with Gasteiger partial charge in [0.1, 0.15) is 11.6 Å². The first-order valence-corrected chi connectivity index (χ1v) is 9.42. The molecule has 26 heavy (non-hydrogen) atoms. The van der Waals surface area contributed by atoms with Gasteiger partial charge in [-0.2, -0.15) is 0 Å². The van der Waals surface area contributed by atoms with Crippen LogP contribution in [0.4, 0.5) is 0 Å². The Morgan fingerprint density at radius 3 is 2.46 bits per heavy atom. The molecule has 7 heteroatoms. The monoisotopic (exact) mass is 378 g/mol. The van der Waals surface area contributed by atoms with E-state index in [2.05, 4.69) is 11.9 Å². The van der Waals surface area contributed by atoms with E-state index < -0.39 is 0 Å². The second kappa shape index (κ2) is 9.43. The summed E-state index contributed by atoms with van der Waals surface area (Å²) >= 11 is 1.51. The number of para-hydroxylation sites is 1. The summed E-state index contributed by atoms with van der Waals surface area (Å²) in [5.41, 5.74) is 0.871. The molecule has 1 unspecified atom stereocenters. The molecule has 0 N–H and O–H groups in total. The van der Waals surface area contributed by atoms with E-state index in [1.807, 2.05) is 35.4 Å². The van der Waals surface area contributed by atoms with E-state index in [-0.39, 0.29) is 11.9 Å². The van der Waals surface area contributed by atoms with E-state index >= 15 is 0 Å². The average Bonchev–Trinajstić information content (AvgIpc) is 3.10. The van der Waals surface area contributed by atoms with Gasteiger partial charge in [-0.15, -0.1) is 11.3 Å². The van der Waals surface area contributed by atoms with E-state index in [9.17, 15) is 4.79 Å². The maximum Gasteiger partial charge on any atom is 0.220 e. The van der Waals surface area contributed by atoms with Crippen LogP contribution in [-0.2, 0) is 17.9 Å². The van der Waals surface area contributed by atoms with Crippen LogP contribution in [0.1, 0.15) is 37.9 Å². The van der Waals surface area contributed by atoms with Gasteiger partial charge in [-0.25, -0.2) is 4.98 Å². The minimum atomic E-state index is 0.0592. The van der Waals surface area contributed by atoms with Crippen molar-refractivity contribution in [3.05, 3.63) is 34.3 Å². The highest BCUT2D eigenvalue weighted by Gasteiger charge is 2.17. The third-order valence-corrected chi connectivity index (χ3v) is 5.05. The van der Waals surface area contributed by atoms with Crippen molar-refractivity contribution in [1.82, 2.24) is 9.88 Å². The highest BCUT2D eigenvalue weighted by Crippen LogP contribution is 2.37. The summed E-state index contributed by atoms with van der Waals surface area (Å²) in [5.74, 6) is 1.84. The first kappa shape index (κ1) is 20.0. The maximum absolute atomic E-state index is 11.9. The Hall–Kier alpha value is -2.28. The Kier molecular flexibility index (Phi) is 7.26. The zero-order valence-electron chi connectivity index (χ0n) is 15.9. The van der Waals surface area contributed by atoms with Crippen molar-refractivity contribution in [2.45, 2.75) is 46.4 Å². The van der Waals surface area contributed by atoms with Crippen LogP contribution in [-0.4, -0.2) is 36.1 Å². The number of rotatable bonds is 9. The minimum Gasteiger partial charge on any atom is -0.493 e. The van der Waals surface area contributed by atoms with Gasteiger partial charge in [0.25, 0.3) is 0 Å². The van der Waals surface area contributed by atoms with E-state index in [4.69, 9.17) is 14.2 Å². The van der Waals surface area contributed by atoms with Crippen LogP contribution in [0.15, 0.2) is 23.6 Å². The van der Waals surface area contributed by atoms with Gasteiger partial charge in [0.15, 0.2) is 11.5 Å². The molecule has 0 aliphatic heterocycles. The van der Waals surface area contributed by atoms with Gasteiger partial charge in [-0.3, -0.25) is 4.79 Å². The van der Waals surface area contributed by atoms with Crippen LogP contribution in [0.5, 0.6) is 17.2 Å². The second-order valence-corrected chi connectivity index (χ2v) is 6.86. The molecule has 0 radical (unpaired) electrons. The molecule has 2 aromatic rings. The molecule has 0 saturated heterocycles. The second-order valence-electron chi connectivity index (χ2n) is 5.92. The fourth-order valence-corrected chi connectivity index (χ4v) is 3.25. The zero-order chi connectivity index (χ0) is 19.1. The van der Waals surface area contributed by atoms with E-state index in [1.54, 1.807) is 21.1 Å². The van der Waals surface area contributed by atoms with Crippen molar-refractivity contribution in [3.8, 4) is 17.2 Å². The predicted molar refractivity (Wildman–Crippen MR) is 102 cm³/mol. The van der Waals surface area contributed by atoms with Crippen molar-refractivity contribution in [1.29, 1.82) is 0 Å². The highest BCUT2D eigenvalue weighted by molar-refractivity contribution is 7.09. The summed E-state index contributed by atoms with van der Waals surface area (Å²) in [5, 5.41) is 2.80. The number of ether oxygens (including phenoxy) is 3. The van der Waals surface area contributed by atoms with Crippen molar-refractivity contribution in [2.75, 3.05) is 14.2 Å². The summed E-state index contributed by atoms with van der Waals surface area (Å²) < 4.78 is 16.6. The number of amides is 1. The first-order chi connectivity index (χ1) is 12.5. The van der Waals surface area contributed by atoms with Crippen LogP contribution in [0, 0.1) is 0 Å². The Labute approximate surface area is 158 Å². The Morgan fingerprint density at radius 2 is 1.92 bits per heavy atom. The van der Waals surface area contributed by atoms with E-state index in [0.717, 1.165) is 17.1 Å². The molecule has 2 rings (SSSR count). The van der Waals surface area contributed by atoms with Crippen molar-refractivity contribution < 1.29 is 19.0 Å². The Morgan fingerprint density at radius 1 is 1.27 bits per heavy atom. The van der Waals surface area contributed by atoms with E-state index in [0.29, 0.717) is 30.4 Å². The molecular formula is C19H26N2O4S. The van der Waals surface area contributed by atoms with Crippen LogP contribution in [0.2, 0.25) is 0 Å². The SMILES string of the molecule is CCC(C)N(Cc1csc(COc2c(OC)cccc2OC)n1)C(C)=O. The number of hydrogen-bond acceptors (Lipinski definition) is 6. The molecule has 1 aromatic heterocycles. The molecule has 1 heterocycles. The molecule has 0 saturated carbocycles. The van der Waals surface area contributed by atoms with Gasteiger partial charge in [0, 0.05) is 18.3 Å². The largest absolute Gasteiger partial charge is 0.493 e. The van der Waals surface area contributed by atoms with Gasteiger partial charge >= 0.3 is 0 Å². The molecule has 0 spiro atoms. The summed E-state index contributed by atoms with van der Waals surface area (Å²) in [6, 6.07) is 5.67. The summed E-state index contributed by atoms with van der Waals surface area (Å²) in [4.78, 5) is 18.3. The van der Waals surface area contributed by atoms with Gasteiger partial charge < -0.3 is 19.1 Å². The topological polar surface area (TPSA) is 60.9 Å². The van der Waals surface area contributed by atoms with Crippen molar-refractivity contribution in [3.63, 3.8) is 0 Å². The normalized spacial score (nSPS) is 11.7. The molecule has 142 valence electrons. The van der Waals surface area contributed by atoms with Gasteiger partial charge in [0.05, 0.1) is 26.5 Å².